The molecule has 0 N–H and O–H groups in total. The highest BCUT2D eigenvalue weighted by molar-refractivity contribution is 9.10. The lowest BCUT2D eigenvalue weighted by atomic mass is 10.5. The van der Waals surface area contributed by atoms with Crippen LogP contribution in [0.25, 0.3) is 5.65 Å². The quantitative estimate of drug-likeness (QED) is 0.694. The van der Waals surface area contributed by atoms with Gasteiger partial charge in [-0.2, -0.15) is 0 Å². The van der Waals surface area contributed by atoms with Gasteiger partial charge < -0.3 is 4.40 Å². The van der Waals surface area contributed by atoms with Crippen LogP contribution in [0.2, 0.25) is 0 Å². The van der Waals surface area contributed by atoms with Crippen molar-refractivity contribution in [1.82, 2.24) is 9.38 Å². The minimum atomic E-state index is 0.452. The van der Waals surface area contributed by atoms with Crippen LogP contribution in [0.5, 0.6) is 0 Å². The fraction of sp³-hybridized carbons (Fsp3) is 0. The fourth-order valence-corrected chi connectivity index (χ4v) is 1.36. The van der Waals surface area contributed by atoms with Crippen molar-refractivity contribution in [3.05, 3.63) is 34.7 Å². The van der Waals surface area contributed by atoms with Crippen molar-refractivity contribution in [3.8, 4) is 0 Å². The first-order valence-corrected chi connectivity index (χ1v) is 4.18. The van der Waals surface area contributed by atoms with Crippen LogP contribution < -0.4 is 0 Å². The van der Waals surface area contributed by atoms with E-state index in [0.717, 1.165) is 16.4 Å². The van der Waals surface area contributed by atoms with Crippen LogP contribution in [0, 0.1) is 0 Å². The number of imidazole rings is 1. The number of carbonyl (C=O) groups is 1. The maximum Gasteiger partial charge on any atom is 0.170 e. The number of aldehydes is 1. The van der Waals surface area contributed by atoms with Crippen molar-refractivity contribution in [2.75, 3.05) is 0 Å². The number of aromatic nitrogens is 2. The second-order valence-electron chi connectivity index (χ2n) is 2.39. The van der Waals surface area contributed by atoms with Gasteiger partial charge in [0.2, 0.25) is 0 Å². The molecule has 2 rings (SSSR count). The third-order valence-electron chi connectivity index (χ3n) is 1.56. The van der Waals surface area contributed by atoms with E-state index in [2.05, 4.69) is 20.9 Å². The smallest absolute Gasteiger partial charge is 0.170 e. The molecule has 2 aromatic rings. The summed E-state index contributed by atoms with van der Waals surface area (Å²) in [5.74, 6) is 0. The zero-order chi connectivity index (χ0) is 8.55. The van der Waals surface area contributed by atoms with Crippen LogP contribution >= 0.6 is 15.9 Å². The van der Waals surface area contributed by atoms with E-state index in [9.17, 15) is 4.79 Å². The van der Waals surface area contributed by atoms with Gasteiger partial charge in [0.1, 0.15) is 11.3 Å². The minimum Gasteiger partial charge on any atom is -0.306 e. The molecule has 0 aliphatic rings. The Bertz CT molecular complexity index is 436. The van der Waals surface area contributed by atoms with Gasteiger partial charge in [0.25, 0.3) is 0 Å². The van der Waals surface area contributed by atoms with Gasteiger partial charge in [0.15, 0.2) is 6.29 Å². The second-order valence-corrected chi connectivity index (χ2v) is 3.31. The predicted molar refractivity (Wildman–Crippen MR) is 48.3 cm³/mol. The Hall–Kier alpha value is -1.16. The van der Waals surface area contributed by atoms with E-state index < -0.39 is 0 Å². The average Bonchev–Trinajstić information content (AvgIpc) is 2.46. The molecule has 3 nitrogen and oxygen atoms in total. The molecule has 0 unspecified atom stereocenters. The zero-order valence-corrected chi connectivity index (χ0v) is 7.65. The van der Waals surface area contributed by atoms with Gasteiger partial charge in [0, 0.05) is 16.9 Å². The van der Waals surface area contributed by atoms with Crippen molar-refractivity contribution in [3.63, 3.8) is 0 Å². The molecule has 0 fully saturated rings. The summed E-state index contributed by atoms with van der Waals surface area (Å²) in [6, 6.07) is 3.75. The molecule has 0 bridgehead atoms. The molecule has 4 heteroatoms. The monoisotopic (exact) mass is 224 g/mol. The van der Waals surface area contributed by atoms with Crippen LogP contribution in [-0.2, 0) is 0 Å². The molecule has 12 heavy (non-hydrogen) atoms. The number of hydrogen-bond acceptors (Lipinski definition) is 2. The predicted octanol–water partition coefficient (Wildman–Crippen LogP) is 1.91. The van der Waals surface area contributed by atoms with Crippen molar-refractivity contribution in [1.29, 1.82) is 0 Å². The third kappa shape index (κ3) is 1.14. The molecule has 0 aliphatic carbocycles. The Morgan fingerprint density at radius 1 is 1.58 bits per heavy atom. The summed E-state index contributed by atoms with van der Waals surface area (Å²) in [4.78, 5) is 14.4. The molecule has 60 valence electrons. The molecule has 0 amide bonds. The Labute approximate surface area is 77.2 Å². The van der Waals surface area contributed by atoms with Crippen molar-refractivity contribution in [2.45, 2.75) is 0 Å². The summed E-state index contributed by atoms with van der Waals surface area (Å²) in [5.41, 5.74) is 1.22. The fourth-order valence-electron chi connectivity index (χ4n) is 1.03. The summed E-state index contributed by atoms with van der Waals surface area (Å²) in [6.45, 7) is 0. The summed E-state index contributed by atoms with van der Waals surface area (Å²) < 4.78 is 2.76. The average molecular weight is 225 g/mol. The standard InChI is InChI=1S/C8H5BrN2O/c9-6-1-2-11-4-7(5-12)10-8(11)3-6/h1-5H. The van der Waals surface area contributed by atoms with Crippen molar-refractivity contribution in [2.24, 2.45) is 0 Å². The minimum absolute atomic E-state index is 0.452. The van der Waals surface area contributed by atoms with Crippen molar-refractivity contribution >= 4 is 27.9 Å². The molecule has 2 heterocycles. The molecule has 0 aromatic carbocycles. The van der Waals surface area contributed by atoms with Crippen LogP contribution in [0.4, 0.5) is 0 Å². The number of hydrogen-bond donors (Lipinski definition) is 0. The maximum atomic E-state index is 10.4. The Kier molecular flexibility index (Phi) is 1.69. The molecule has 0 atom stereocenters. The normalized spacial score (nSPS) is 10.4. The lowest BCUT2D eigenvalue weighted by Gasteiger charge is -1.91. The molecule has 0 spiro atoms. The number of nitrogens with zero attached hydrogens (tertiary/aromatic N) is 2. The topological polar surface area (TPSA) is 34.4 Å². The molecule has 2 aromatic heterocycles. The Balaban J connectivity index is 2.75. The summed E-state index contributed by atoms with van der Waals surface area (Å²) in [7, 11) is 0. The van der Waals surface area contributed by atoms with Crippen LogP contribution in [0.3, 0.4) is 0 Å². The zero-order valence-electron chi connectivity index (χ0n) is 6.07. The molecule has 0 saturated carbocycles. The van der Waals surface area contributed by atoms with Gasteiger partial charge in [0.05, 0.1) is 0 Å². The van der Waals surface area contributed by atoms with Gasteiger partial charge in [-0.3, -0.25) is 4.79 Å². The first kappa shape index (κ1) is 7.49. The summed E-state index contributed by atoms with van der Waals surface area (Å²) in [6.07, 6.45) is 4.27. The van der Waals surface area contributed by atoms with E-state index >= 15 is 0 Å². The lowest BCUT2D eigenvalue weighted by molar-refractivity contribution is 0.111. The Morgan fingerprint density at radius 3 is 3.17 bits per heavy atom. The molecule has 0 aliphatic heterocycles. The second kappa shape index (κ2) is 2.71. The number of carbonyl (C=O) groups excluding carboxylic acids is 1. The number of pyridine rings is 1. The van der Waals surface area contributed by atoms with E-state index in [4.69, 9.17) is 0 Å². The van der Waals surface area contributed by atoms with E-state index in [0.29, 0.717) is 5.69 Å². The lowest BCUT2D eigenvalue weighted by Crippen LogP contribution is -1.79. The van der Waals surface area contributed by atoms with E-state index in [1.165, 1.54) is 0 Å². The molecular weight excluding hydrogens is 220 g/mol. The number of halogens is 1. The third-order valence-corrected chi connectivity index (χ3v) is 2.05. The van der Waals surface area contributed by atoms with E-state index in [1.807, 2.05) is 18.3 Å². The largest absolute Gasteiger partial charge is 0.306 e. The SMILES string of the molecule is O=Cc1cn2ccc(Br)cc2n1. The van der Waals surface area contributed by atoms with E-state index in [1.54, 1.807) is 10.6 Å². The van der Waals surface area contributed by atoms with Crippen molar-refractivity contribution < 1.29 is 4.79 Å². The van der Waals surface area contributed by atoms with Crippen LogP contribution in [0.15, 0.2) is 29.0 Å². The molecule has 0 radical (unpaired) electrons. The molecular formula is C8H5BrN2O. The Morgan fingerprint density at radius 2 is 2.42 bits per heavy atom. The number of fused-ring (bicyclic) bond motifs is 1. The summed E-state index contributed by atoms with van der Waals surface area (Å²) >= 11 is 3.32. The van der Waals surface area contributed by atoms with Gasteiger partial charge in [-0.15, -0.1) is 0 Å². The van der Waals surface area contributed by atoms with E-state index in [-0.39, 0.29) is 0 Å². The van der Waals surface area contributed by atoms with Gasteiger partial charge in [-0.05, 0) is 12.1 Å². The highest BCUT2D eigenvalue weighted by atomic mass is 79.9. The number of rotatable bonds is 1. The van der Waals surface area contributed by atoms with Crippen LogP contribution in [-0.4, -0.2) is 15.7 Å². The van der Waals surface area contributed by atoms with Gasteiger partial charge in [-0.1, -0.05) is 15.9 Å². The van der Waals surface area contributed by atoms with Gasteiger partial charge in [-0.25, -0.2) is 4.98 Å². The molecule has 0 saturated heterocycles. The van der Waals surface area contributed by atoms with Gasteiger partial charge >= 0.3 is 0 Å². The highest BCUT2D eigenvalue weighted by Crippen LogP contribution is 2.12. The first-order chi connectivity index (χ1) is 5.79. The maximum absolute atomic E-state index is 10.4. The highest BCUT2D eigenvalue weighted by Gasteiger charge is 1.99. The van der Waals surface area contributed by atoms with Crippen LogP contribution in [0.1, 0.15) is 10.5 Å². The summed E-state index contributed by atoms with van der Waals surface area (Å²) in [5, 5.41) is 0. The first-order valence-electron chi connectivity index (χ1n) is 3.39.